The van der Waals surface area contributed by atoms with Crippen LogP contribution in [0.15, 0.2) is 35.1 Å². The Morgan fingerprint density at radius 3 is 2.49 bits per heavy atom. The molecule has 0 radical (unpaired) electrons. The van der Waals surface area contributed by atoms with E-state index in [1.807, 2.05) is 38.1 Å². The Labute approximate surface area is 205 Å². The molecule has 2 bridgehead atoms. The lowest BCUT2D eigenvalue weighted by Crippen LogP contribution is -2.53. The first-order valence-electron chi connectivity index (χ1n) is 12.4. The highest BCUT2D eigenvalue weighted by Gasteiger charge is 2.42. The van der Waals surface area contributed by atoms with Crippen molar-refractivity contribution in [2.45, 2.75) is 76.7 Å². The summed E-state index contributed by atoms with van der Waals surface area (Å²) in [6, 6.07) is 9.57. The molecule has 0 saturated carbocycles. The van der Waals surface area contributed by atoms with Crippen LogP contribution in [0.5, 0.6) is 5.75 Å². The third-order valence-corrected chi connectivity index (χ3v) is 7.28. The maximum absolute atomic E-state index is 13.0. The van der Waals surface area contributed by atoms with E-state index in [0.717, 1.165) is 36.6 Å². The number of rotatable bonds is 7. The van der Waals surface area contributed by atoms with Crippen LogP contribution in [0.4, 0.5) is 4.79 Å². The quantitative estimate of drug-likeness (QED) is 0.626. The molecule has 0 aliphatic carbocycles. The van der Waals surface area contributed by atoms with E-state index < -0.39 is 12.2 Å². The van der Waals surface area contributed by atoms with Crippen molar-refractivity contribution in [1.29, 1.82) is 0 Å². The molecule has 1 aromatic heterocycles. The first-order chi connectivity index (χ1) is 16.6. The van der Waals surface area contributed by atoms with Crippen molar-refractivity contribution in [3.05, 3.63) is 40.7 Å². The van der Waals surface area contributed by atoms with Crippen molar-refractivity contribution in [1.82, 2.24) is 19.7 Å². The van der Waals surface area contributed by atoms with E-state index in [2.05, 4.69) is 10.2 Å². The summed E-state index contributed by atoms with van der Waals surface area (Å²) in [5.41, 5.74) is 0.481. The number of fused-ring (bicyclic) bond motifs is 3. The molecule has 3 heterocycles. The number of hydrogen-bond acceptors (Lipinski definition) is 6. The molecule has 1 aromatic carbocycles. The van der Waals surface area contributed by atoms with Crippen LogP contribution in [0.25, 0.3) is 10.9 Å². The van der Waals surface area contributed by atoms with Crippen molar-refractivity contribution in [2.75, 3.05) is 20.1 Å². The lowest BCUT2D eigenvalue weighted by molar-refractivity contribution is -0.129. The second-order valence-corrected chi connectivity index (χ2v) is 10.2. The normalized spacial score (nSPS) is 22.9. The molecular formula is C26H36N4O5. The first kappa shape index (κ1) is 25.2. The number of para-hydroxylation sites is 1. The van der Waals surface area contributed by atoms with Gasteiger partial charge < -0.3 is 24.6 Å². The predicted octanol–water partition coefficient (Wildman–Crippen LogP) is 2.51. The van der Waals surface area contributed by atoms with Gasteiger partial charge >= 0.3 is 6.09 Å². The molecule has 4 rings (SSSR count). The van der Waals surface area contributed by atoms with Gasteiger partial charge in [-0.15, -0.1) is 0 Å². The van der Waals surface area contributed by atoms with Crippen molar-refractivity contribution < 1.29 is 19.4 Å². The van der Waals surface area contributed by atoms with E-state index in [1.54, 1.807) is 17.7 Å². The Morgan fingerprint density at radius 2 is 1.86 bits per heavy atom. The molecule has 35 heavy (non-hydrogen) atoms. The SMILES string of the molecule is CC(=O)N(C)C[C@H](O)CN1[C@@H]2CC[C@H]1CC(NC(=O)Oc1cc3ccccc3n(C(C)C)c1=O)C2. The number of aliphatic hydroxyl groups excluding tert-OH is 1. The van der Waals surface area contributed by atoms with E-state index in [4.69, 9.17) is 4.74 Å². The second-order valence-electron chi connectivity index (χ2n) is 10.2. The topological polar surface area (TPSA) is 104 Å². The van der Waals surface area contributed by atoms with Gasteiger partial charge in [0, 0.05) is 56.6 Å². The van der Waals surface area contributed by atoms with Crippen LogP contribution in [-0.4, -0.2) is 75.8 Å². The standard InChI is InChI=1S/C26H36N4O5/c1-16(2)30-23-8-6-5-7-18(23)11-24(25(30)33)35-26(34)27-19-12-20-9-10-21(13-19)29(20)15-22(32)14-28(4)17(3)31/h5-8,11,16,19-22,32H,9-10,12-15H2,1-4H3,(H,27,34)/t19?,20-,21+,22-/m0/s1. The van der Waals surface area contributed by atoms with Crippen LogP contribution in [0.3, 0.4) is 0 Å². The van der Waals surface area contributed by atoms with Gasteiger partial charge in [-0.3, -0.25) is 14.5 Å². The molecule has 9 nitrogen and oxygen atoms in total. The molecule has 9 heteroatoms. The highest BCUT2D eigenvalue weighted by atomic mass is 16.6. The second kappa shape index (κ2) is 10.4. The zero-order valence-corrected chi connectivity index (χ0v) is 20.9. The van der Waals surface area contributed by atoms with E-state index in [0.29, 0.717) is 13.1 Å². The van der Waals surface area contributed by atoms with Crippen LogP contribution in [0.1, 0.15) is 52.5 Å². The number of aromatic nitrogens is 1. The number of benzene rings is 1. The third-order valence-electron chi connectivity index (χ3n) is 7.28. The average molecular weight is 485 g/mol. The minimum atomic E-state index is -0.617. The average Bonchev–Trinajstić information content (AvgIpc) is 3.01. The molecule has 1 unspecified atom stereocenters. The minimum absolute atomic E-state index is 0.0213. The Hall–Kier alpha value is -2.91. The first-order valence-corrected chi connectivity index (χ1v) is 12.4. The van der Waals surface area contributed by atoms with E-state index in [9.17, 15) is 19.5 Å². The number of ether oxygens (including phenoxy) is 1. The van der Waals surface area contributed by atoms with Crippen molar-refractivity contribution in [2.24, 2.45) is 0 Å². The van der Waals surface area contributed by atoms with Gasteiger partial charge in [0.25, 0.3) is 5.56 Å². The highest BCUT2D eigenvalue weighted by Crippen LogP contribution is 2.36. The number of carbonyl (C=O) groups excluding carboxylic acids is 2. The molecule has 2 aliphatic rings. The monoisotopic (exact) mass is 484 g/mol. The summed E-state index contributed by atoms with van der Waals surface area (Å²) in [5, 5.41) is 14.3. The summed E-state index contributed by atoms with van der Waals surface area (Å²) < 4.78 is 7.17. The van der Waals surface area contributed by atoms with Crippen molar-refractivity contribution >= 4 is 22.9 Å². The molecule has 2 aromatic rings. The summed E-state index contributed by atoms with van der Waals surface area (Å²) in [7, 11) is 1.69. The zero-order chi connectivity index (χ0) is 25.3. The third kappa shape index (κ3) is 5.51. The van der Waals surface area contributed by atoms with Gasteiger partial charge in [0.15, 0.2) is 5.75 Å². The molecule has 2 fully saturated rings. The number of piperidine rings is 1. The van der Waals surface area contributed by atoms with Crippen LogP contribution >= 0.6 is 0 Å². The van der Waals surface area contributed by atoms with E-state index in [1.165, 1.54) is 11.8 Å². The smallest absolute Gasteiger partial charge is 0.404 e. The van der Waals surface area contributed by atoms with Gasteiger partial charge in [0.1, 0.15) is 0 Å². The number of nitrogens with zero attached hydrogens (tertiary/aromatic N) is 3. The number of nitrogens with one attached hydrogen (secondary N) is 1. The van der Waals surface area contributed by atoms with Gasteiger partial charge in [0.2, 0.25) is 5.91 Å². The van der Waals surface area contributed by atoms with Crippen LogP contribution in [-0.2, 0) is 4.79 Å². The molecule has 2 aliphatic heterocycles. The largest absolute Gasteiger partial charge is 0.413 e. The number of pyridine rings is 1. The number of hydrogen-bond donors (Lipinski definition) is 2. The van der Waals surface area contributed by atoms with Gasteiger partial charge in [-0.1, -0.05) is 18.2 Å². The fraction of sp³-hybridized carbons (Fsp3) is 0.577. The molecule has 4 atom stereocenters. The van der Waals surface area contributed by atoms with Crippen LogP contribution in [0, 0.1) is 0 Å². The maximum atomic E-state index is 13.0. The fourth-order valence-electron chi connectivity index (χ4n) is 5.58. The maximum Gasteiger partial charge on any atom is 0.413 e. The Balaban J connectivity index is 1.38. The Kier molecular flexibility index (Phi) is 7.47. The fourth-order valence-corrected chi connectivity index (χ4v) is 5.58. The summed E-state index contributed by atoms with van der Waals surface area (Å²) >= 11 is 0. The highest BCUT2D eigenvalue weighted by molar-refractivity contribution is 5.81. The zero-order valence-electron chi connectivity index (χ0n) is 20.9. The minimum Gasteiger partial charge on any atom is -0.404 e. The van der Waals surface area contributed by atoms with Crippen LogP contribution < -0.4 is 15.6 Å². The molecule has 2 amide bonds. The number of aliphatic hydroxyl groups is 1. The molecule has 2 saturated heterocycles. The molecule has 2 N–H and O–H groups in total. The summed E-state index contributed by atoms with van der Waals surface area (Å²) in [5.74, 6) is -0.0481. The number of amides is 2. The van der Waals surface area contributed by atoms with Gasteiger partial charge in [-0.2, -0.15) is 0 Å². The van der Waals surface area contributed by atoms with Crippen molar-refractivity contribution in [3.63, 3.8) is 0 Å². The number of carbonyl (C=O) groups is 2. The summed E-state index contributed by atoms with van der Waals surface area (Å²) in [6.07, 6.45) is 2.31. The lowest BCUT2D eigenvalue weighted by atomic mass is 9.97. The number of likely N-dealkylation sites (N-methyl/N-ethyl adjacent to an activating group) is 1. The lowest BCUT2D eigenvalue weighted by Gasteiger charge is -2.40. The molecule has 0 spiro atoms. The summed E-state index contributed by atoms with van der Waals surface area (Å²) in [6.45, 7) is 6.16. The van der Waals surface area contributed by atoms with Crippen molar-refractivity contribution in [3.8, 4) is 5.75 Å². The summed E-state index contributed by atoms with van der Waals surface area (Å²) in [4.78, 5) is 41.1. The van der Waals surface area contributed by atoms with Gasteiger partial charge in [-0.25, -0.2) is 4.79 Å². The molecular weight excluding hydrogens is 448 g/mol. The Bertz CT molecular complexity index is 1130. The van der Waals surface area contributed by atoms with Crippen LogP contribution in [0.2, 0.25) is 0 Å². The molecule has 190 valence electrons. The van der Waals surface area contributed by atoms with E-state index in [-0.39, 0.29) is 41.4 Å². The van der Waals surface area contributed by atoms with Gasteiger partial charge in [-0.05, 0) is 51.7 Å². The van der Waals surface area contributed by atoms with E-state index >= 15 is 0 Å². The van der Waals surface area contributed by atoms with Gasteiger partial charge in [0.05, 0.1) is 11.6 Å². The predicted molar refractivity (Wildman–Crippen MR) is 134 cm³/mol. The Morgan fingerprint density at radius 1 is 1.20 bits per heavy atom.